The number of dihydropyridines is 1. The topological polar surface area (TPSA) is 86.4 Å². The minimum absolute atomic E-state index is 0.172. The first kappa shape index (κ1) is 17.5. The number of nitrogens with one attached hydrogen (secondary N) is 3. The molecule has 0 aliphatic carbocycles. The molecule has 7 nitrogen and oxygen atoms in total. The predicted octanol–water partition coefficient (Wildman–Crippen LogP) is 2.74. The number of carbonyl (C=O) groups is 2. The molecule has 2 aliphatic heterocycles. The molecule has 1 aromatic carbocycles. The Labute approximate surface area is 162 Å². The van der Waals surface area contributed by atoms with Crippen LogP contribution in [0.5, 0.6) is 0 Å². The zero-order chi connectivity index (χ0) is 19.3. The Hall–Kier alpha value is -3.87. The number of rotatable bonds is 4. The lowest BCUT2D eigenvalue weighted by Gasteiger charge is -2.15. The molecule has 3 heterocycles. The summed E-state index contributed by atoms with van der Waals surface area (Å²) < 4.78 is 0. The summed E-state index contributed by atoms with van der Waals surface area (Å²) in [6.07, 6.45) is 10.8. The van der Waals surface area contributed by atoms with Gasteiger partial charge in [-0.25, -0.2) is 4.79 Å². The minimum atomic E-state index is -0.217. The Morgan fingerprint density at radius 3 is 2.64 bits per heavy atom. The highest BCUT2D eigenvalue weighted by Gasteiger charge is 2.22. The first-order valence-electron chi connectivity index (χ1n) is 8.88. The molecule has 7 heteroatoms. The second-order valence-corrected chi connectivity index (χ2v) is 6.43. The van der Waals surface area contributed by atoms with Crippen molar-refractivity contribution in [3.63, 3.8) is 0 Å². The van der Waals surface area contributed by atoms with Crippen LogP contribution in [0.2, 0.25) is 0 Å². The van der Waals surface area contributed by atoms with Gasteiger partial charge in [0.2, 0.25) is 0 Å². The predicted molar refractivity (Wildman–Crippen MR) is 106 cm³/mol. The molecule has 140 valence electrons. The number of anilines is 1. The van der Waals surface area contributed by atoms with E-state index < -0.39 is 0 Å². The fraction of sp³-hybridized carbons (Fsp3) is 0.0952. The Morgan fingerprint density at radius 1 is 1.11 bits per heavy atom. The van der Waals surface area contributed by atoms with Crippen LogP contribution in [0, 0.1) is 0 Å². The number of fused-ring (bicyclic) bond motifs is 1. The molecule has 0 unspecified atom stereocenters. The van der Waals surface area contributed by atoms with Gasteiger partial charge >= 0.3 is 6.03 Å². The van der Waals surface area contributed by atoms with Gasteiger partial charge in [-0.05, 0) is 59.2 Å². The monoisotopic (exact) mass is 373 g/mol. The first-order valence-corrected chi connectivity index (χ1v) is 8.88. The van der Waals surface area contributed by atoms with Gasteiger partial charge in [0.25, 0.3) is 5.91 Å². The van der Waals surface area contributed by atoms with Crippen molar-refractivity contribution < 1.29 is 9.59 Å². The summed E-state index contributed by atoms with van der Waals surface area (Å²) in [5.41, 5.74) is 4.23. The van der Waals surface area contributed by atoms with Gasteiger partial charge in [-0.3, -0.25) is 14.7 Å². The minimum Gasteiger partial charge on any atom is -0.367 e. The molecule has 3 N–H and O–H groups in total. The SMILES string of the molecule is O=C(NCc1ccncc1)c1ccc(NC(=O)N2C=C3C=CNC=C3C2)cc1. The molecular weight excluding hydrogens is 354 g/mol. The molecule has 0 fully saturated rings. The van der Waals surface area contributed by atoms with Crippen LogP contribution in [0.3, 0.4) is 0 Å². The van der Waals surface area contributed by atoms with Gasteiger partial charge in [0, 0.05) is 48.8 Å². The lowest BCUT2D eigenvalue weighted by Crippen LogP contribution is -2.29. The maximum absolute atomic E-state index is 12.5. The molecule has 3 amide bonds. The fourth-order valence-corrected chi connectivity index (χ4v) is 2.95. The van der Waals surface area contributed by atoms with E-state index in [1.165, 1.54) is 0 Å². The smallest absolute Gasteiger partial charge is 0.326 e. The quantitative estimate of drug-likeness (QED) is 0.769. The summed E-state index contributed by atoms with van der Waals surface area (Å²) in [4.78, 5) is 30.3. The number of benzene rings is 1. The molecule has 0 bridgehead atoms. The van der Waals surface area contributed by atoms with E-state index in [-0.39, 0.29) is 11.9 Å². The van der Waals surface area contributed by atoms with Gasteiger partial charge < -0.3 is 16.0 Å². The number of pyridine rings is 1. The van der Waals surface area contributed by atoms with Crippen LogP contribution in [-0.4, -0.2) is 28.4 Å². The van der Waals surface area contributed by atoms with Crippen LogP contribution in [0.4, 0.5) is 10.5 Å². The number of hydrogen-bond donors (Lipinski definition) is 3. The number of allylic oxidation sites excluding steroid dienone is 1. The van der Waals surface area contributed by atoms with Gasteiger partial charge in [-0.2, -0.15) is 0 Å². The molecular formula is C21H19N5O2. The van der Waals surface area contributed by atoms with E-state index in [1.54, 1.807) is 41.6 Å². The summed E-state index contributed by atoms with van der Waals surface area (Å²) in [5, 5.41) is 8.73. The number of nitrogens with zero attached hydrogens (tertiary/aromatic N) is 2. The average molecular weight is 373 g/mol. The molecule has 0 spiro atoms. The highest BCUT2D eigenvalue weighted by Crippen LogP contribution is 2.24. The molecule has 0 atom stereocenters. The van der Waals surface area contributed by atoms with Crippen molar-refractivity contribution >= 4 is 17.6 Å². The second-order valence-electron chi connectivity index (χ2n) is 6.43. The van der Waals surface area contributed by atoms with E-state index in [0.29, 0.717) is 24.3 Å². The standard InChI is InChI=1S/C21H19N5O2/c27-20(24-11-15-5-8-22-9-6-15)16-1-3-19(4-2-16)25-21(28)26-13-17-7-10-23-12-18(17)14-26/h1-10,12-13,23H,11,14H2,(H,24,27)(H,25,28). The zero-order valence-corrected chi connectivity index (χ0v) is 15.1. The van der Waals surface area contributed by atoms with E-state index >= 15 is 0 Å². The molecule has 0 saturated heterocycles. The summed E-state index contributed by atoms with van der Waals surface area (Å²) in [7, 11) is 0. The third-order valence-electron chi connectivity index (χ3n) is 4.48. The maximum Gasteiger partial charge on any atom is 0.326 e. The Bertz CT molecular complexity index is 978. The van der Waals surface area contributed by atoms with Crippen LogP contribution in [0.1, 0.15) is 15.9 Å². The second kappa shape index (κ2) is 7.79. The molecule has 4 rings (SSSR count). The van der Waals surface area contributed by atoms with E-state index in [0.717, 1.165) is 16.7 Å². The molecule has 0 saturated carbocycles. The molecule has 2 aromatic rings. The van der Waals surface area contributed by atoms with Crippen LogP contribution < -0.4 is 16.0 Å². The van der Waals surface area contributed by atoms with Crippen molar-refractivity contribution in [1.29, 1.82) is 0 Å². The Morgan fingerprint density at radius 2 is 1.89 bits per heavy atom. The highest BCUT2D eigenvalue weighted by atomic mass is 16.2. The van der Waals surface area contributed by atoms with Crippen molar-refractivity contribution in [2.24, 2.45) is 0 Å². The summed E-state index contributed by atoms with van der Waals surface area (Å²) in [6.45, 7) is 0.955. The van der Waals surface area contributed by atoms with Crippen LogP contribution in [0.25, 0.3) is 0 Å². The normalized spacial score (nSPS) is 14.5. The first-order chi connectivity index (χ1) is 13.7. The molecule has 2 aliphatic rings. The number of urea groups is 1. The summed E-state index contributed by atoms with van der Waals surface area (Å²) in [5.74, 6) is -0.172. The molecule has 1 aromatic heterocycles. The number of amides is 3. The molecule has 0 radical (unpaired) electrons. The Balaban J connectivity index is 1.33. The van der Waals surface area contributed by atoms with Crippen LogP contribution in [-0.2, 0) is 6.54 Å². The van der Waals surface area contributed by atoms with E-state index in [9.17, 15) is 9.59 Å². The molecule has 28 heavy (non-hydrogen) atoms. The average Bonchev–Trinajstić information content (AvgIpc) is 3.18. The van der Waals surface area contributed by atoms with E-state index in [1.807, 2.05) is 36.8 Å². The summed E-state index contributed by atoms with van der Waals surface area (Å²) >= 11 is 0. The lowest BCUT2D eigenvalue weighted by molar-refractivity contribution is 0.0951. The number of carbonyl (C=O) groups excluding carboxylic acids is 2. The zero-order valence-electron chi connectivity index (χ0n) is 15.1. The number of aromatic nitrogens is 1. The van der Waals surface area contributed by atoms with Crippen LogP contribution >= 0.6 is 0 Å². The third-order valence-corrected chi connectivity index (χ3v) is 4.48. The largest absolute Gasteiger partial charge is 0.367 e. The lowest BCUT2D eigenvalue weighted by atomic mass is 10.1. The van der Waals surface area contributed by atoms with E-state index in [2.05, 4.69) is 20.9 Å². The van der Waals surface area contributed by atoms with Crippen LogP contribution in [0.15, 0.2) is 84.6 Å². The van der Waals surface area contributed by atoms with Crippen molar-refractivity contribution in [3.05, 3.63) is 95.7 Å². The van der Waals surface area contributed by atoms with Gasteiger partial charge in [-0.15, -0.1) is 0 Å². The third kappa shape index (κ3) is 3.93. The van der Waals surface area contributed by atoms with E-state index in [4.69, 9.17) is 0 Å². The highest BCUT2D eigenvalue weighted by molar-refractivity contribution is 5.95. The van der Waals surface area contributed by atoms with Crippen molar-refractivity contribution in [2.45, 2.75) is 6.54 Å². The van der Waals surface area contributed by atoms with Crippen molar-refractivity contribution in [2.75, 3.05) is 11.9 Å². The Kier molecular flexibility index (Phi) is 4.88. The van der Waals surface area contributed by atoms with Gasteiger partial charge in [0.05, 0.1) is 6.54 Å². The summed E-state index contributed by atoms with van der Waals surface area (Å²) in [6, 6.07) is 10.3. The maximum atomic E-state index is 12.5. The van der Waals surface area contributed by atoms with Crippen molar-refractivity contribution in [1.82, 2.24) is 20.5 Å². The van der Waals surface area contributed by atoms with Crippen molar-refractivity contribution in [3.8, 4) is 0 Å². The van der Waals surface area contributed by atoms with Gasteiger partial charge in [-0.1, -0.05) is 0 Å². The van der Waals surface area contributed by atoms with Gasteiger partial charge in [0.15, 0.2) is 0 Å². The number of hydrogen-bond acceptors (Lipinski definition) is 4. The fourth-order valence-electron chi connectivity index (χ4n) is 2.95. The van der Waals surface area contributed by atoms with Gasteiger partial charge in [0.1, 0.15) is 0 Å².